The number of aryl methyl sites for hydroxylation is 2. The largest absolute Gasteiger partial charge is 0.316 e. The standard InChI is InChI=1S/C16H17N5OS2/c1-9-19-20-16(21(9)10-5-6-10)23-8-14(22)18-15-12(7-17)11-3-2-4-13(11)24-15/h10H,2-6,8H2,1H3,(H,18,22). The van der Waals surface area contributed by atoms with Crippen molar-refractivity contribution in [2.45, 2.75) is 50.2 Å². The third-order valence-electron chi connectivity index (χ3n) is 4.37. The van der Waals surface area contributed by atoms with Gasteiger partial charge in [0.1, 0.15) is 16.9 Å². The molecule has 0 aliphatic heterocycles. The first-order chi connectivity index (χ1) is 11.7. The summed E-state index contributed by atoms with van der Waals surface area (Å²) in [6.45, 7) is 1.95. The van der Waals surface area contributed by atoms with E-state index in [9.17, 15) is 10.1 Å². The summed E-state index contributed by atoms with van der Waals surface area (Å²) in [6, 6.07) is 2.75. The molecule has 0 unspecified atom stereocenters. The second-order valence-electron chi connectivity index (χ2n) is 6.14. The van der Waals surface area contributed by atoms with Crippen molar-refractivity contribution in [2.24, 2.45) is 0 Å². The van der Waals surface area contributed by atoms with E-state index in [1.54, 1.807) is 11.3 Å². The van der Waals surface area contributed by atoms with Crippen LogP contribution in [0, 0.1) is 18.3 Å². The Morgan fingerprint density at radius 1 is 1.46 bits per heavy atom. The molecule has 0 radical (unpaired) electrons. The molecule has 24 heavy (non-hydrogen) atoms. The van der Waals surface area contributed by atoms with Gasteiger partial charge in [0.25, 0.3) is 0 Å². The van der Waals surface area contributed by atoms with E-state index in [2.05, 4.69) is 26.2 Å². The molecule has 0 aromatic carbocycles. The Kier molecular flexibility index (Phi) is 4.06. The van der Waals surface area contributed by atoms with Crippen LogP contribution in [0.15, 0.2) is 5.16 Å². The molecule has 6 nitrogen and oxygen atoms in total. The summed E-state index contributed by atoms with van der Waals surface area (Å²) in [5.74, 6) is 1.08. The van der Waals surface area contributed by atoms with Crippen molar-refractivity contribution in [1.82, 2.24) is 14.8 Å². The Morgan fingerprint density at radius 3 is 3.04 bits per heavy atom. The summed E-state index contributed by atoms with van der Waals surface area (Å²) in [5, 5.41) is 22.1. The number of amides is 1. The molecule has 1 fully saturated rings. The molecule has 4 rings (SSSR count). The summed E-state index contributed by atoms with van der Waals surface area (Å²) in [7, 11) is 0. The number of hydrogen-bond acceptors (Lipinski definition) is 6. The van der Waals surface area contributed by atoms with E-state index >= 15 is 0 Å². The van der Waals surface area contributed by atoms with Gasteiger partial charge >= 0.3 is 0 Å². The predicted molar refractivity (Wildman–Crippen MR) is 93.4 cm³/mol. The van der Waals surface area contributed by atoms with Gasteiger partial charge in [0.15, 0.2) is 5.16 Å². The molecule has 0 bridgehead atoms. The monoisotopic (exact) mass is 359 g/mol. The minimum absolute atomic E-state index is 0.0978. The smallest absolute Gasteiger partial charge is 0.235 e. The molecule has 2 aromatic rings. The number of nitriles is 1. The van der Waals surface area contributed by atoms with Crippen molar-refractivity contribution in [3.8, 4) is 6.07 Å². The lowest BCUT2D eigenvalue weighted by Gasteiger charge is -2.06. The summed E-state index contributed by atoms with van der Waals surface area (Å²) < 4.78 is 2.12. The Hall–Kier alpha value is -1.85. The second kappa shape index (κ2) is 6.22. The lowest BCUT2D eigenvalue weighted by atomic mass is 10.1. The van der Waals surface area contributed by atoms with Crippen LogP contribution < -0.4 is 5.32 Å². The van der Waals surface area contributed by atoms with Gasteiger partial charge in [-0.2, -0.15) is 5.26 Å². The Morgan fingerprint density at radius 2 is 2.29 bits per heavy atom. The Labute approximate surface area is 148 Å². The molecule has 0 atom stereocenters. The van der Waals surface area contributed by atoms with Crippen molar-refractivity contribution in [3.63, 3.8) is 0 Å². The first kappa shape index (κ1) is 15.7. The van der Waals surface area contributed by atoms with Crippen molar-refractivity contribution < 1.29 is 4.79 Å². The van der Waals surface area contributed by atoms with Crippen molar-refractivity contribution in [1.29, 1.82) is 5.26 Å². The van der Waals surface area contributed by atoms with Crippen LogP contribution in [-0.4, -0.2) is 26.4 Å². The highest BCUT2D eigenvalue weighted by Crippen LogP contribution is 2.40. The number of anilines is 1. The molecule has 8 heteroatoms. The third-order valence-corrected chi connectivity index (χ3v) is 6.52. The van der Waals surface area contributed by atoms with E-state index < -0.39 is 0 Å². The molecule has 0 spiro atoms. The number of rotatable bonds is 5. The molecule has 2 aliphatic rings. The number of nitrogens with one attached hydrogen (secondary N) is 1. The first-order valence-corrected chi connectivity index (χ1v) is 9.86. The van der Waals surface area contributed by atoms with Crippen LogP contribution in [0.1, 0.15) is 47.1 Å². The van der Waals surface area contributed by atoms with Gasteiger partial charge in [-0.3, -0.25) is 4.79 Å². The zero-order valence-electron chi connectivity index (χ0n) is 13.3. The first-order valence-electron chi connectivity index (χ1n) is 8.06. The van der Waals surface area contributed by atoms with Crippen LogP contribution in [0.3, 0.4) is 0 Å². The molecule has 1 amide bonds. The van der Waals surface area contributed by atoms with E-state index in [1.165, 1.54) is 16.6 Å². The highest BCUT2D eigenvalue weighted by atomic mass is 32.2. The Bertz CT molecular complexity index is 844. The summed E-state index contributed by atoms with van der Waals surface area (Å²) in [6.07, 6.45) is 5.39. The van der Waals surface area contributed by atoms with Gasteiger partial charge in [-0.15, -0.1) is 21.5 Å². The van der Waals surface area contributed by atoms with E-state index in [0.29, 0.717) is 16.6 Å². The quantitative estimate of drug-likeness (QED) is 0.830. The maximum absolute atomic E-state index is 12.3. The van der Waals surface area contributed by atoms with Crippen LogP contribution in [0.4, 0.5) is 5.00 Å². The molecule has 1 N–H and O–H groups in total. The molecule has 2 aliphatic carbocycles. The van der Waals surface area contributed by atoms with Crippen LogP contribution in [0.2, 0.25) is 0 Å². The summed E-state index contributed by atoms with van der Waals surface area (Å²) in [5.41, 5.74) is 1.79. The zero-order valence-corrected chi connectivity index (χ0v) is 15.0. The molecule has 2 aromatic heterocycles. The minimum atomic E-state index is -0.0978. The number of nitrogens with zero attached hydrogens (tertiary/aromatic N) is 4. The Balaban J connectivity index is 1.42. The lowest BCUT2D eigenvalue weighted by Crippen LogP contribution is -2.14. The highest BCUT2D eigenvalue weighted by Gasteiger charge is 2.29. The van der Waals surface area contributed by atoms with E-state index in [1.807, 2.05) is 6.92 Å². The number of thioether (sulfide) groups is 1. The fraction of sp³-hybridized carbons (Fsp3) is 0.500. The topological polar surface area (TPSA) is 83.6 Å². The maximum Gasteiger partial charge on any atom is 0.235 e. The number of fused-ring (bicyclic) bond motifs is 1. The van der Waals surface area contributed by atoms with Gasteiger partial charge in [0.05, 0.1) is 11.3 Å². The van der Waals surface area contributed by atoms with Crippen LogP contribution >= 0.6 is 23.1 Å². The van der Waals surface area contributed by atoms with Crippen molar-refractivity contribution >= 4 is 34.0 Å². The number of hydrogen-bond donors (Lipinski definition) is 1. The average Bonchev–Trinajstić information content (AvgIpc) is 3.03. The lowest BCUT2D eigenvalue weighted by molar-refractivity contribution is -0.113. The van der Waals surface area contributed by atoms with Crippen LogP contribution in [0.25, 0.3) is 0 Å². The molecule has 1 saturated carbocycles. The van der Waals surface area contributed by atoms with Gasteiger partial charge in [-0.25, -0.2) is 0 Å². The van der Waals surface area contributed by atoms with Gasteiger partial charge in [0, 0.05) is 10.9 Å². The van der Waals surface area contributed by atoms with E-state index in [4.69, 9.17) is 0 Å². The fourth-order valence-electron chi connectivity index (χ4n) is 3.10. The SMILES string of the molecule is Cc1nnc(SCC(=O)Nc2sc3c(c2C#N)CCC3)n1C1CC1. The number of carbonyl (C=O) groups excluding carboxylic acids is 1. The summed E-state index contributed by atoms with van der Waals surface area (Å²) >= 11 is 2.96. The second-order valence-corrected chi connectivity index (χ2v) is 8.19. The van der Waals surface area contributed by atoms with E-state index in [0.717, 1.165) is 48.6 Å². The number of aromatic nitrogens is 3. The van der Waals surface area contributed by atoms with Gasteiger partial charge < -0.3 is 9.88 Å². The molecule has 2 heterocycles. The molecular formula is C16H17N5OS2. The van der Waals surface area contributed by atoms with E-state index in [-0.39, 0.29) is 11.7 Å². The van der Waals surface area contributed by atoms with Gasteiger partial charge in [-0.05, 0) is 44.6 Å². The van der Waals surface area contributed by atoms with Gasteiger partial charge in [-0.1, -0.05) is 11.8 Å². The predicted octanol–water partition coefficient (Wildman–Crippen LogP) is 3.07. The molecular weight excluding hydrogens is 342 g/mol. The van der Waals surface area contributed by atoms with Gasteiger partial charge in [0.2, 0.25) is 5.91 Å². The minimum Gasteiger partial charge on any atom is -0.316 e. The molecule has 0 saturated heterocycles. The third kappa shape index (κ3) is 2.82. The number of thiophene rings is 1. The van der Waals surface area contributed by atoms with Crippen LogP contribution in [0.5, 0.6) is 0 Å². The highest BCUT2D eigenvalue weighted by molar-refractivity contribution is 7.99. The zero-order chi connectivity index (χ0) is 16.7. The van der Waals surface area contributed by atoms with Crippen molar-refractivity contribution in [2.75, 3.05) is 11.1 Å². The van der Waals surface area contributed by atoms with Crippen LogP contribution in [-0.2, 0) is 17.6 Å². The molecule has 124 valence electrons. The average molecular weight is 359 g/mol. The number of carbonyl (C=O) groups is 1. The normalized spacial score (nSPS) is 16.0. The summed E-state index contributed by atoms with van der Waals surface area (Å²) in [4.78, 5) is 13.5. The van der Waals surface area contributed by atoms with Crippen molar-refractivity contribution in [3.05, 3.63) is 21.8 Å². The maximum atomic E-state index is 12.3. The fourth-order valence-corrected chi connectivity index (χ4v) is 5.21.